The maximum Gasteiger partial charge on any atom is 0.0468 e. The molecular formula is C64H41NS. The number of hydrogen-bond acceptors (Lipinski definition) is 2. The van der Waals surface area contributed by atoms with E-state index in [1.807, 2.05) is 11.3 Å². The summed E-state index contributed by atoms with van der Waals surface area (Å²) >= 11 is 1.88. The molecule has 0 aliphatic carbocycles. The lowest BCUT2D eigenvalue weighted by atomic mass is 9.85. The van der Waals surface area contributed by atoms with Crippen molar-refractivity contribution in [2.24, 2.45) is 0 Å². The van der Waals surface area contributed by atoms with Crippen LogP contribution in [0.4, 0.5) is 17.1 Å². The van der Waals surface area contributed by atoms with Crippen LogP contribution in [0.5, 0.6) is 0 Å². The third-order valence-electron chi connectivity index (χ3n) is 13.4. The van der Waals surface area contributed by atoms with Gasteiger partial charge in [0, 0.05) is 37.2 Å². The fourth-order valence-electron chi connectivity index (χ4n) is 10.3. The Balaban J connectivity index is 0.994. The summed E-state index contributed by atoms with van der Waals surface area (Å²) in [5.74, 6) is 0. The Kier molecular flexibility index (Phi) is 9.11. The molecule has 308 valence electrons. The summed E-state index contributed by atoms with van der Waals surface area (Å²) in [6.45, 7) is 0. The fraction of sp³-hybridized carbons (Fsp3) is 0. The first-order valence-corrected chi connectivity index (χ1v) is 23.5. The standard InChI is InChI=1S/C64H41NS/c1-3-15-45(16-4-1)62-58-22-10-9-20-55(58)56-39-37-51(41-60(56)63(62)46-17-5-2-6-18-46)65(50-35-30-44(31-36-50)54-23-13-24-59-57-21-11-12-25-61(57)66-64(54)59)49-33-28-42(29-34-49)47-32-38-53-48(40-47)27-26-43-14-7-8-19-52(43)53/h1-41H. The Bertz CT molecular complexity index is 3960. The number of benzene rings is 12. The molecule has 2 heteroatoms. The average molecular weight is 856 g/mol. The van der Waals surface area contributed by atoms with E-state index in [0.29, 0.717) is 0 Å². The van der Waals surface area contributed by atoms with Gasteiger partial charge in [0.15, 0.2) is 0 Å². The predicted molar refractivity (Wildman–Crippen MR) is 286 cm³/mol. The molecule has 0 N–H and O–H groups in total. The second-order valence-corrected chi connectivity index (χ2v) is 18.2. The van der Waals surface area contributed by atoms with Crippen LogP contribution < -0.4 is 4.90 Å². The maximum absolute atomic E-state index is 2.42. The number of fused-ring (bicyclic) bond motifs is 9. The van der Waals surface area contributed by atoms with Gasteiger partial charge in [-0.15, -0.1) is 11.3 Å². The highest BCUT2D eigenvalue weighted by atomic mass is 32.1. The van der Waals surface area contributed by atoms with Crippen molar-refractivity contribution >= 4 is 91.7 Å². The first-order valence-electron chi connectivity index (χ1n) is 22.7. The second-order valence-electron chi connectivity index (χ2n) is 17.2. The molecule has 13 rings (SSSR count). The molecule has 0 aliphatic heterocycles. The van der Waals surface area contributed by atoms with Gasteiger partial charge in [-0.05, 0) is 136 Å². The molecule has 0 saturated carbocycles. The first-order chi connectivity index (χ1) is 32.7. The van der Waals surface area contributed by atoms with Crippen LogP contribution in [0.25, 0.3) is 108 Å². The zero-order valence-electron chi connectivity index (χ0n) is 36.0. The number of hydrogen-bond donors (Lipinski definition) is 0. The van der Waals surface area contributed by atoms with E-state index < -0.39 is 0 Å². The molecule has 66 heavy (non-hydrogen) atoms. The van der Waals surface area contributed by atoms with E-state index >= 15 is 0 Å². The Morgan fingerprint density at radius 2 is 0.773 bits per heavy atom. The van der Waals surface area contributed by atoms with Gasteiger partial charge in [-0.25, -0.2) is 0 Å². The molecular weight excluding hydrogens is 815 g/mol. The molecule has 1 aromatic heterocycles. The van der Waals surface area contributed by atoms with Gasteiger partial charge < -0.3 is 4.90 Å². The Hall–Kier alpha value is -8.30. The van der Waals surface area contributed by atoms with Crippen LogP contribution in [0, 0.1) is 0 Å². The van der Waals surface area contributed by atoms with Crippen molar-refractivity contribution in [3.05, 3.63) is 249 Å². The van der Waals surface area contributed by atoms with Gasteiger partial charge in [0.25, 0.3) is 0 Å². The molecule has 0 fully saturated rings. The minimum atomic E-state index is 1.09. The van der Waals surface area contributed by atoms with Crippen molar-refractivity contribution < 1.29 is 0 Å². The molecule has 0 aliphatic rings. The topological polar surface area (TPSA) is 3.24 Å². The van der Waals surface area contributed by atoms with Crippen molar-refractivity contribution in [3.63, 3.8) is 0 Å². The van der Waals surface area contributed by atoms with Gasteiger partial charge in [0.1, 0.15) is 0 Å². The summed E-state index contributed by atoms with van der Waals surface area (Å²) in [6.07, 6.45) is 0. The third kappa shape index (κ3) is 6.37. The minimum Gasteiger partial charge on any atom is -0.310 e. The zero-order valence-corrected chi connectivity index (χ0v) is 36.8. The number of thiophene rings is 1. The summed E-state index contributed by atoms with van der Waals surface area (Å²) < 4.78 is 2.64. The molecule has 0 spiro atoms. The Morgan fingerprint density at radius 3 is 1.52 bits per heavy atom. The van der Waals surface area contributed by atoms with Crippen molar-refractivity contribution in [2.75, 3.05) is 4.90 Å². The molecule has 0 saturated heterocycles. The van der Waals surface area contributed by atoms with Crippen molar-refractivity contribution in [1.29, 1.82) is 0 Å². The monoisotopic (exact) mass is 855 g/mol. The second kappa shape index (κ2) is 15.7. The molecule has 1 heterocycles. The third-order valence-corrected chi connectivity index (χ3v) is 14.7. The molecule has 0 unspecified atom stereocenters. The van der Waals surface area contributed by atoms with Crippen molar-refractivity contribution in [1.82, 2.24) is 0 Å². The lowest BCUT2D eigenvalue weighted by molar-refractivity contribution is 1.29. The van der Waals surface area contributed by atoms with Crippen LogP contribution in [-0.2, 0) is 0 Å². The van der Waals surface area contributed by atoms with E-state index in [1.54, 1.807) is 0 Å². The Labute approximate surface area is 387 Å². The van der Waals surface area contributed by atoms with E-state index in [1.165, 1.54) is 108 Å². The maximum atomic E-state index is 2.42. The quantitative estimate of drug-likeness (QED) is 0.144. The van der Waals surface area contributed by atoms with Crippen LogP contribution >= 0.6 is 11.3 Å². The average Bonchev–Trinajstić information content (AvgIpc) is 3.78. The number of anilines is 3. The summed E-state index contributed by atoms with van der Waals surface area (Å²) in [4.78, 5) is 2.42. The lowest BCUT2D eigenvalue weighted by Crippen LogP contribution is -2.10. The molecule has 0 radical (unpaired) electrons. The van der Waals surface area contributed by atoms with Gasteiger partial charge in [-0.2, -0.15) is 0 Å². The van der Waals surface area contributed by atoms with Gasteiger partial charge in [0.05, 0.1) is 0 Å². The molecule has 0 bridgehead atoms. The van der Waals surface area contributed by atoms with E-state index in [9.17, 15) is 0 Å². The Morgan fingerprint density at radius 1 is 0.258 bits per heavy atom. The SMILES string of the molecule is c1ccc(-c2c(-c3ccccc3)c3cc(N(c4ccc(-c5ccc6c(ccc7ccccc76)c5)cc4)c4ccc(-c5cccc6c5sc5ccccc56)cc4)ccc3c3ccccc23)cc1. The smallest absolute Gasteiger partial charge is 0.0468 e. The van der Waals surface area contributed by atoms with E-state index in [0.717, 1.165) is 17.1 Å². The largest absolute Gasteiger partial charge is 0.310 e. The van der Waals surface area contributed by atoms with Crippen molar-refractivity contribution in [2.45, 2.75) is 0 Å². The van der Waals surface area contributed by atoms with Crippen LogP contribution in [0.3, 0.4) is 0 Å². The van der Waals surface area contributed by atoms with Crippen LogP contribution in [-0.4, -0.2) is 0 Å². The highest BCUT2D eigenvalue weighted by Gasteiger charge is 2.21. The number of nitrogens with zero attached hydrogens (tertiary/aromatic N) is 1. The molecule has 0 atom stereocenters. The molecule has 1 nitrogen and oxygen atoms in total. The first kappa shape index (κ1) is 38.2. The summed E-state index contributed by atoms with van der Waals surface area (Å²) in [7, 11) is 0. The zero-order chi connectivity index (χ0) is 43.6. The molecule has 13 aromatic rings. The lowest BCUT2D eigenvalue weighted by Gasteiger charge is -2.27. The van der Waals surface area contributed by atoms with Crippen LogP contribution in [0.1, 0.15) is 0 Å². The normalized spacial score (nSPS) is 11.6. The number of rotatable bonds is 7. The molecule has 0 amide bonds. The summed E-state index contributed by atoms with van der Waals surface area (Å²) in [6, 6.07) is 91.5. The van der Waals surface area contributed by atoms with Gasteiger partial charge in [-0.1, -0.05) is 200 Å². The fourth-order valence-corrected chi connectivity index (χ4v) is 11.6. The van der Waals surface area contributed by atoms with E-state index in [-0.39, 0.29) is 0 Å². The van der Waals surface area contributed by atoms with Gasteiger partial charge in [-0.3, -0.25) is 0 Å². The van der Waals surface area contributed by atoms with Crippen LogP contribution in [0.15, 0.2) is 249 Å². The van der Waals surface area contributed by atoms with Gasteiger partial charge in [0.2, 0.25) is 0 Å². The van der Waals surface area contributed by atoms with E-state index in [2.05, 4.69) is 254 Å². The summed E-state index contributed by atoms with van der Waals surface area (Å²) in [5, 5.41) is 12.7. The van der Waals surface area contributed by atoms with Crippen LogP contribution in [0.2, 0.25) is 0 Å². The van der Waals surface area contributed by atoms with E-state index in [4.69, 9.17) is 0 Å². The predicted octanol–water partition coefficient (Wildman–Crippen LogP) is 18.8. The molecule has 12 aromatic carbocycles. The highest BCUT2D eigenvalue weighted by Crippen LogP contribution is 2.48. The summed E-state index contributed by atoms with van der Waals surface area (Å²) in [5.41, 5.74) is 13.0. The van der Waals surface area contributed by atoms with Crippen molar-refractivity contribution in [3.8, 4) is 44.5 Å². The highest BCUT2D eigenvalue weighted by molar-refractivity contribution is 7.26. The minimum absolute atomic E-state index is 1.09. The van der Waals surface area contributed by atoms with Gasteiger partial charge >= 0.3 is 0 Å².